The summed E-state index contributed by atoms with van der Waals surface area (Å²) in [5, 5.41) is 14.5. The van der Waals surface area contributed by atoms with E-state index in [1.807, 2.05) is 0 Å². The Kier molecular flexibility index (Phi) is 5.83. The quantitative estimate of drug-likeness (QED) is 0.727. The van der Waals surface area contributed by atoms with Crippen molar-refractivity contribution in [2.45, 2.75) is 25.4 Å². The molecular weight excluding hydrogens is 348 g/mol. The van der Waals surface area contributed by atoms with Crippen LogP contribution in [-0.2, 0) is 20.7 Å². The lowest BCUT2D eigenvalue weighted by Crippen LogP contribution is -2.27. The fourth-order valence-corrected chi connectivity index (χ4v) is 2.90. The van der Waals surface area contributed by atoms with Crippen LogP contribution in [0.4, 0.5) is 11.4 Å². The second-order valence-corrected chi connectivity index (χ2v) is 6.25. The van der Waals surface area contributed by atoms with Crippen molar-refractivity contribution in [2.75, 3.05) is 17.2 Å². The molecule has 0 aliphatic carbocycles. The predicted molar refractivity (Wildman–Crippen MR) is 99.8 cm³/mol. The molecule has 7 nitrogen and oxygen atoms in total. The van der Waals surface area contributed by atoms with Crippen LogP contribution in [0.3, 0.4) is 0 Å². The summed E-state index contributed by atoms with van der Waals surface area (Å²) in [7, 11) is 0. The van der Waals surface area contributed by atoms with Gasteiger partial charge in [-0.05, 0) is 42.7 Å². The van der Waals surface area contributed by atoms with Crippen molar-refractivity contribution in [3.8, 4) is 0 Å². The largest absolute Gasteiger partial charge is 0.481 e. The first-order chi connectivity index (χ1) is 13.0. The maximum Gasteiger partial charge on any atom is 0.307 e. The molecule has 1 fully saturated rings. The van der Waals surface area contributed by atoms with Crippen molar-refractivity contribution < 1.29 is 24.2 Å². The van der Waals surface area contributed by atoms with Crippen LogP contribution < -0.4 is 10.6 Å². The monoisotopic (exact) mass is 368 g/mol. The molecule has 1 heterocycles. The average Bonchev–Trinajstić information content (AvgIpc) is 3.18. The number of aliphatic carboxylic acids is 1. The molecule has 2 aromatic rings. The number of carbonyl (C=O) groups is 3. The summed E-state index contributed by atoms with van der Waals surface area (Å²) in [5.41, 5.74) is 1.81. The molecule has 0 radical (unpaired) electrons. The highest BCUT2D eigenvalue weighted by atomic mass is 16.5. The number of anilines is 2. The summed E-state index contributed by atoms with van der Waals surface area (Å²) in [4.78, 5) is 35.7. The maximum absolute atomic E-state index is 12.6. The van der Waals surface area contributed by atoms with Gasteiger partial charge in [0, 0.05) is 23.5 Å². The van der Waals surface area contributed by atoms with Gasteiger partial charge in [-0.3, -0.25) is 14.4 Å². The van der Waals surface area contributed by atoms with E-state index in [4.69, 9.17) is 9.84 Å². The Balaban J connectivity index is 1.70. The molecule has 1 saturated heterocycles. The topological polar surface area (TPSA) is 105 Å². The van der Waals surface area contributed by atoms with Crippen LogP contribution in [0, 0.1) is 0 Å². The lowest BCUT2D eigenvalue weighted by atomic mass is 10.1. The Morgan fingerprint density at radius 1 is 1.07 bits per heavy atom. The first-order valence-electron chi connectivity index (χ1n) is 8.66. The van der Waals surface area contributed by atoms with Gasteiger partial charge >= 0.3 is 5.97 Å². The maximum atomic E-state index is 12.6. The predicted octanol–water partition coefficient (Wildman–Crippen LogP) is 2.68. The fraction of sp³-hybridized carbons (Fsp3) is 0.250. The number of amides is 2. The van der Waals surface area contributed by atoms with E-state index in [9.17, 15) is 14.4 Å². The summed E-state index contributed by atoms with van der Waals surface area (Å²) in [6.07, 6.45) is 0.904. The highest BCUT2D eigenvalue weighted by Crippen LogP contribution is 2.19. The molecule has 3 rings (SSSR count). The van der Waals surface area contributed by atoms with Crippen molar-refractivity contribution >= 4 is 29.2 Å². The molecule has 0 spiro atoms. The van der Waals surface area contributed by atoms with E-state index >= 15 is 0 Å². The van der Waals surface area contributed by atoms with Crippen LogP contribution in [-0.4, -0.2) is 35.6 Å². The SMILES string of the molecule is O=C(O)Cc1ccccc1NC(=O)c1cccc(NC(=O)C2CCCO2)c1. The van der Waals surface area contributed by atoms with E-state index in [0.717, 1.165) is 6.42 Å². The molecule has 27 heavy (non-hydrogen) atoms. The highest BCUT2D eigenvalue weighted by molar-refractivity contribution is 6.06. The number of para-hydroxylation sites is 1. The lowest BCUT2D eigenvalue weighted by molar-refractivity contribution is -0.136. The lowest BCUT2D eigenvalue weighted by Gasteiger charge is -2.12. The van der Waals surface area contributed by atoms with E-state index in [-0.39, 0.29) is 18.2 Å². The van der Waals surface area contributed by atoms with E-state index in [1.165, 1.54) is 0 Å². The number of benzene rings is 2. The third kappa shape index (κ3) is 4.92. The fourth-order valence-electron chi connectivity index (χ4n) is 2.90. The second-order valence-electron chi connectivity index (χ2n) is 6.25. The Hall–Kier alpha value is -3.19. The second kappa shape index (κ2) is 8.46. The van der Waals surface area contributed by atoms with Crippen LogP contribution in [0.5, 0.6) is 0 Å². The van der Waals surface area contributed by atoms with Crippen molar-refractivity contribution in [1.82, 2.24) is 0 Å². The summed E-state index contributed by atoms with van der Waals surface area (Å²) >= 11 is 0. The molecule has 1 atom stereocenters. The van der Waals surface area contributed by atoms with Crippen LogP contribution in [0.15, 0.2) is 48.5 Å². The number of ether oxygens (including phenoxy) is 1. The molecule has 0 bridgehead atoms. The number of carboxylic acid groups (broad SMARTS) is 1. The van der Waals surface area contributed by atoms with E-state index in [2.05, 4.69) is 10.6 Å². The number of nitrogens with one attached hydrogen (secondary N) is 2. The number of hydrogen-bond acceptors (Lipinski definition) is 4. The van der Waals surface area contributed by atoms with Gasteiger partial charge in [-0.15, -0.1) is 0 Å². The number of hydrogen-bond donors (Lipinski definition) is 3. The standard InChI is InChI=1S/C20H20N2O5/c23-18(24)12-13-5-1-2-8-16(13)22-19(25)14-6-3-7-15(11-14)21-20(26)17-9-4-10-27-17/h1-3,5-8,11,17H,4,9-10,12H2,(H,21,26)(H,22,25)(H,23,24). The van der Waals surface area contributed by atoms with E-state index in [0.29, 0.717) is 35.5 Å². The summed E-state index contributed by atoms with van der Waals surface area (Å²) in [5.74, 6) is -1.59. The van der Waals surface area contributed by atoms with Gasteiger partial charge in [0.15, 0.2) is 0 Å². The Bertz CT molecular complexity index is 859. The zero-order chi connectivity index (χ0) is 19.2. The first-order valence-corrected chi connectivity index (χ1v) is 8.66. The van der Waals surface area contributed by atoms with Gasteiger partial charge in [0.1, 0.15) is 6.10 Å². The smallest absolute Gasteiger partial charge is 0.307 e. The van der Waals surface area contributed by atoms with Gasteiger partial charge in [0.2, 0.25) is 0 Å². The van der Waals surface area contributed by atoms with E-state index < -0.39 is 12.1 Å². The molecule has 1 unspecified atom stereocenters. The number of carboxylic acids is 1. The third-order valence-electron chi connectivity index (χ3n) is 4.22. The van der Waals surface area contributed by atoms with Gasteiger partial charge in [-0.1, -0.05) is 24.3 Å². The van der Waals surface area contributed by atoms with Crippen LogP contribution in [0.2, 0.25) is 0 Å². The van der Waals surface area contributed by atoms with Crippen LogP contribution >= 0.6 is 0 Å². The zero-order valence-electron chi connectivity index (χ0n) is 14.6. The summed E-state index contributed by atoms with van der Waals surface area (Å²) in [6.45, 7) is 0.580. The Labute approximate surface area is 156 Å². The molecular formula is C20H20N2O5. The Morgan fingerprint density at radius 2 is 1.89 bits per heavy atom. The summed E-state index contributed by atoms with van der Waals surface area (Å²) in [6, 6.07) is 13.3. The molecule has 0 aromatic heterocycles. The molecule has 1 aliphatic rings. The normalized spacial score (nSPS) is 15.9. The van der Waals surface area contributed by atoms with Crippen molar-refractivity contribution in [1.29, 1.82) is 0 Å². The minimum atomic E-state index is -0.976. The summed E-state index contributed by atoms with van der Waals surface area (Å²) < 4.78 is 5.35. The average molecular weight is 368 g/mol. The molecule has 2 aromatic carbocycles. The molecule has 3 N–H and O–H groups in total. The molecule has 0 saturated carbocycles. The van der Waals surface area contributed by atoms with Crippen LogP contribution in [0.1, 0.15) is 28.8 Å². The van der Waals surface area contributed by atoms with Gasteiger partial charge in [0.25, 0.3) is 11.8 Å². The van der Waals surface area contributed by atoms with Crippen molar-refractivity contribution in [3.05, 3.63) is 59.7 Å². The van der Waals surface area contributed by atoms with Gasteiger partial charge < -0.3 is 20.5 Å². The minimum absolute atomic E-state index is 0.187. The molecule has 140 valence electrons. The number of rotatable bonds is 6. The molecule has 2 amide bonds. The number of carbonyl (C=O) groups excluding carboxylic acids is 2. The van der Waals surface area contributed by atoms with Gasteiger partial charge in [-0.2, -0.15) is 0 Å². The van der Waals surface area contributed by atoms with Crippen molar-refractivity contribution in [2.24, 2.45) is 0 Å². The zero-order valence-corrected chi connectivity index (χ0v) is 14.6. The van der Waals surface area contributed by atoms with E-state index in [1.54, 1.807) is 48.5 Å². The van der Waals surface area contributed by atoms with Gasteiger partial charge in [0.05, 0.1) is 6.42 Å². The third-order valence-corrected chi connectivity index (χ3v) is 4.22. The molecule has 1 aliphatic heterocycles. The van der Waals surface area contributed by atoms with Gasteiger partial charge in [-0.25, -0.2) is 0 Å². The van der Waals surface area contributed by atoms with Crippen molar-refractivity contribution in [3.63, 3.8) is 0 Å². The molecule has 7 heteroatoms. The Morgan fingerprint density at radius 3 is 2.63 bits per heavy atom. The minimum Gasteiger partial charge on any atom is -0.481 e. The first kappa shape index (κ1) is 18.6. The highest BCUT2D eigenvalue weighted by Gasteiger charge is 2.23. The van der Waals surface area contributed by atoms with Crippen LogP contribution in [0.25, 0.3) is 0 Å².